The van der Waals surface area contributed by atoms with E-state index in [1.54, 1.807) is 0 Å². The molecule has 0 aromatic rings. The Morgan fingerprint density at radius 3 is 2.23 bits per heavy atom. The van der Waals surface area contributed by atoms with Crippen molar-refractivity contribution in [1.82, 2.24) is 0 Å². The van der Waals surface area contributed by atoms with Gasteiger partial charge in [-0.25, -0.2) is 0 Å². The first kappa shape index (κ1) is 12.2. The minimum absolute atomic E-state index is 0.0221. The summed E-state index contributed by atoms with van der Waals surface area (Å²) in [6.07, 6.45) is -0.168. The molecule has 0 aromatic heterocycles. The second-order valence-electron chi connectivity index (χ2n) is 3.48. The molecule has 0 aromatic carbocycles. The van der Waals surface area contributed by atoms with Gasteiger partial charge in [-0.2, -0.15) is 0 Å². The molecule has 0 aliphatic rings. The Morgan fingerprint density at radius 1 is 1.31 bits per heavy atom. The van der Waals surface area contributed by atoms with Crippen LogP contribution in [0.3, 0.4) is 0 Å². The normalized spacial score (nSPS) is 11.0. The molecule has 0 aliphatic heterocycles. The molecule has 0 saturated carbocycles. The third-order valence-electron chi connectivity index (χ3n) is 1.78. The van der Waals surface area contributed by atoms with Crippen LogP contribution in [0.15, 0.2) is 0 Å². The number of aliphatic carboxylic acids is 1. The van der Waals surface area contributed by atoms with E-state index >= 15 is 0 Å². The summed E-state index contributed by atoms with van der Waals surface area (Å²) in [4.78, 5) is 21.2. The highest BCUT2D eigenvalue weighted by molar-refractivity contribution is 6.72. The summed E-state index contributed by atoms with van der Waals surface area (Å²) in [6.45, 7) is 5.84. The van der Waals surface area contributed by atoms with Crippen molar-refractivity contribution in [1.29, 1.82) is 0 Å². The van der Waals surface area contributed by atoms with Gasteiger partial charge in [-0.3, -0.25) is 9.59 Å². The highest BCUT2D eigenvalue weighted by Gasteiger charge is 2.24. The van der Waals surface area contributed by atoms with Crippen molar-refractivity contribution in [2.45, 2.75) is 38.9 Å². The number of carbonyl (C=O) groups excluding carboxylic acids is 1. The summed E-state index contributed by atoms with van der Waals surface area (Å²) in [6, 6.07) is 0.853. The number of carboxylic acid groups (broad SMARTS) is 1. The zero-order valence-corrected chi connectivity index (χ0v) is 9.29. The summed E-state index contributed by atoms with van der Waals surface area (Å²) < 4.78 is 5.17. The molecule has 13 heavy (non-hydrogen) atoms. The average molecular weight is 204 g/mol. The predicted octanol–water partition coefficient (Wildman–Crippen LogP) is 1.62. The van der Waals surface area contributed by atoms with Gasteiger partial charge in [-0.05, 0) is 19.1 Å². The molecule has 0 rings (SSSR count). The van der Waals surface area contributed by atoms with Crippen molar-refractivity contribution in [3.05, 3.63) is 0 Å². The van der Waals surface area contributed by atoms with Gasteiger partial charge < -0.3 is 9.53 Å². The van der Waals surface area contributed by atoms with Gasteiger partial charge in [-0.1, -0.05) is 6.92 Å². The predicted molar refractivity (Wildman–Crippen MR) is 50.9 cm³/mol. The fourth-order valence-electron chi connectivity index (χ4n) is 0.640. The van der Waals surface area contributed by atoms with Crippen LogP contribution in [0.25, 0.3) is 0 Å². The molecular weight excluding hydrogens is 188 g/mol. The monoisotopic (exact) mass is 204 g/mol. The summed E-state index contributed by atoms with van der Waals surface area (Å²) >= 11 is 0. The maximum Gasteiger partial charge on any atom is 0.303 e. The molecule has 0 saturated heterocycles. The molecule has 4 nitrogen and oxygen atoms in total. The van der Waals surface area contributed by atoms with Gasteiger partial charge in [0.05, 0.1) is 12.8 Å². The van der Waals surface area contributed by atoms with Crippen LogP contribution in [-0.2, 0) is 14.0 Å². The third kappa shape index (κ3) is 6.33. The molecule has 0 heterocycles. The lowest BCUT2D eigenvalue weighted by atomic mass is 10.3. The van der Waals surface area contributed by atoms with E-state index in [-0.39, 0.29) is 18.8 Å². The average Bonchev–Trinajstić information content (AvgIpc) is 2.00. The van der Waals surface area contributed by atoms with Gasteiger partial charge in [0, 0.05) is 0 Å². The lowest BCUT2D eigenvalue weighted by Gasteiger charge is -2.20. The number of hydrogen-bond donors (Lipinski definition) is 1. The molecule has 0 radical (unpaired) electrons. The van der Waals surface area contributed by atoms with Crippen molar-refractivity contribution in [2.75, 3.05) is 0 Å². The van der Waals surface area contributed by atoms with Crippen LogP contribution < -0.4 is 0 Å². The topological polar surface area (TPSA) is 63.6 Å². The highest BCUT2D eigenvalue weighted by Crippen LogP contribution is 2.11. The van der Waals surface area contributed by atoms with E-state index in [4.69, 9.17) is 9.53 Å². The Labute approximate surface area is 79.0 Å². The second kappa shape index (κ2) is 5.01. The van der Waals surface area contributed by atoms with Crippen molar-refractivity contribution in [3.8, 4) is 0 Å². The molecule has 0 aliphatic carbocycles. The number of carbonyl (C=O) groups is 2. The van der Waals surface area contributed by atoms with E-state index < -0.39 is 14.3 Å². The standard InChI is InChI=1S/C8H16O4Si/c1-4-13(2,3)12-8(11)6-5-7(9)10/h4-6H2,1-3H3,(H,9,10). The van der Waals surface area contributed by atoms with Gasteiger partial charge in [0.15, 0.2) is 0 Å². The highest BCUT2D eigenvalue weighted by atomic mass is 28.4. The molecule has 5 heteroatoms. The Balaban J connectivity index is 3.81. The van der Waals surface area contributed by atoms with Crippen LogP contribution >= 0.6 is 0 Å². The van der Waals surface area contributed by atoms with E-state index in [0.717, 1.165) is 6.04 Å². The number of carboxylic acids is 1. The Morgan fingerprint density at radius 2 is 1.85 bits per heavy atom. The van der Waals surface area contributed by atoms with Crippen LogP contribution in [0.4, 0.5) is 0 Å². The molecule has 1 N–H and O–H groups in total. The smallest absolute Gasteiger partial charge is 0.303 e. The Kier molecular flexibility index (Phi) is 4.69. The van der Waals surface area contributed by atoms with Crippen molar-refractivity contribution >= 4 is 20.3 Å². The van der Waals surface area contributed by atoms with E-state index in [1.165, 1.54) is 0 Å². The summed E-state index contributed by atoms with van der Waals surface area (Å²) in [7, 11) is -1.85. The fraction of sp³-hybridized carbons (Fsp3) is 0.750. The number of hydrogen-bond acceptors (Lipinski definition) is 3. The summed E-state index contributed by atoms with van der Waals surface area (Å²) in [5, 5.41) is 8.32. The van der Waals surface area contributed by atoms with E-state index in [2.05, 4.69) is 0 Å². The number of rotatable bonds is 5. The van der Waals surface area contributed by atoms with E-state index in [9.17, 15) is 9.59 Å². The molecular formula is C8H16O4Si. The Hall–Kier alpha value is -0.843. The molecule has 0 atom stereocenters. The first-order valence-corrected chi connectivity index (χ1v) is 7.42. The first-order chi connectivity index (χ1) is 5.87. The van der Waals surface area contributed by atoms with E-state index in [1.807, 2.05) is 20.0 Å². The SMILES string of the molecule is CC[Si](C)(C)OC(=O)CCC(=O)O. The largest absolute Gasteiger partial charge is 0.520 e. The third-order valence-corrected chi connectivity index (χ3v) is 4.27. The second-order valence-corrected chi connectivity index (χ2v) is 7.91. The maximum atomic E-state index is 11.1. The molecule has 0 amide bonds. The Bertz CT molecular complexity index is 200. The molecule has 0 fully saturated rings. The van der Waals surface area contributed by atoms with Crippen LogP contribution in [0.5, 0.6) is 0 Å². The van der Waals surface area contributed by atoms with Crippen molar-refractivity contribution in [3.63, 3.8) is 0 Å². The van der Waals surface area contributed by atoms with Gasteiger partial charge in [0.25, 0.3) is 5.97 Å². The molecule has 0 bridgehead atoms. The van der Waals surface area contributed by atoms with Crippen LogP contribution in [-0.4, -0.2) is 25.4 Å². The lowest BCUT2D eigenvalue weighted by molar-refractivity contribution is -0.142. The van der Waals surface area contributed by atoms with Crippen molar-refractivity contribution in [2.24, 2.45) is 0 Å². The van der Waals surface area contributed by atoms with Crippen molar-refractivity contribution < 1.29 is 19.1 Å². The molecule has 0 unspecified atom stereocenters. The minimum Gasteiger partial charge on any atom is -0.520 e. The van der Waals surface area contributed by atoms with E-state index in [0.29, 0.717) is 0 Å². The quantitative estimate of drug-likeness (QED) is 0.691. The summed E-state index contributed by atoms with van der Waals surface area (Å²) in [5.74, 6) is -1.35. The fourth-order valence-corrected chi connectivity index (χ4v) is 1.50. The van der Waals surface area contributed by atoms with Crippen LogP contribution in [0.1, 0.15) is 19.8 Å². The summed E-state index contributed by atoms with van der Waals surface area (Å²) in [5.41, 5.74) is 0. The minimum atomic E-state index is -1.85. The van der Waals surface area contributed by atoms with Gasteiger partial charge in [0.2, 0.25) is 8.32 Å². The first-order valence-electron chi connectivity index (χ1n) is 4.31. The molecule has 76 valence electrons. The van der Waals surface area contributed by atoms with Crippen LogP contribution in [0.2, 0.25) is 19.1 Å². The van der Waals surface area contributed by atoms with Gasteiger partial charge >= 0.3 is 5.97 Å². The van der Waals surface area contributed by atoms with Crippen LogP contribution in [0, 0.1) is 0 Å². The van der Waals surface area contributed by atoms with Gasteiger partial charge in [-0.15, -0.1) is 0 Å². The lowest BCUT2D eigenvalue weighted by Crippen LogP contribution is -2.32. The zero-order valence-electron chi connectivity index (χ0n) is 8.29. The maximum absolute atomic E-state index is 11.1. The molecule has 0 spiro atoms. The van der Waals surface area contributed by atoms with Gasteiger partial charge in [0.1, 0.15) is 0 Å². The zero-order chi connectivity index (χ0) is 10.5.